The molecule has 1 aromatic heterocycles. The van der Waals surface area contributed by atoms with E-state index in [0.29, 0.717) is 16.5 Å². The molecule has 1 heterocycles. The van der Waals surface area contributed by atoms with Crippen molar-refractivity contribution in [2.24, 2.45) is 0 Å². The van der Waals surface area contributed by atoms with Crippen LogP contribution in [0.5, 0.6) is 5.75 Å². The molecule has 6 nitrogen and oxygen atoms in total. The van der Waals surface area contributed by atoms with Crippen molar-refractivity contribution >= 4 is 23.4 Å². The minimum absolute atomic E-state index is 0.146. The number of methoxy groups -OCH3 is 1. The summed E-state index contributed by atoms with van der Waals surface area (Å²) in [5, 5.41) is 10.1. The highest BCUT2D eigenvalue weighted by Crippen LogP contribution is 2.32. The largest absolute Gasteiger partial charge is 0.495 e. The van der Waals surface area contributed by atoms with E-state index in [1.807, 2.05) is 24.3 Å². The molecule has 0 atom stereocenters. The summed E-state index contributed by atoms with van der Waals surface area (Å²) in [6, 6.07) is 12.4. The van der Waals surface area contributed by atoms with Crippen molar-refractivity contribution in [3.8, 4) is 16.9 Å². The summed E-state index contributed by atoms with van der Waals surface area (Å²) in [6.07, 6.45) is 3.78. The number of carboxylic acid groups (broad SMARTS) is 1. The SMILES string of the molecule is COc1ccc(Cl)cc1N(Cc1cccc(-c2cncnc2)c1)C(=O)O. The van der Waals surface area contributed by atoms with Crippen LogP contribution in [-0.4, -0.2) is 28.3 Å². The molecule has 0 aliphatic rings. The molecule has 132 valence electrons. The van der Waals surface area contributed by atoms with Crippen molar-refractivity contribution in [2.75, 3.05) is 12.0 Å². The van der Waals surface area contributed by atoms with E-state index in [0.717, 1.165) is 16.7 Å². The molecule has 0 saturated carbocycles. The summed E-state index contributed by atoms with van der Waals surface area (Å²) in [4.78, 5) is 21.1. The monoisotopic (exact) mass is 369 g/mol. The van der Waals surface area contributed by atoms with Crippen LogP contribution in [0.1, 0.15) is 5.56 Å². The van der Waals surface area contributed by atoms with Gasteiger partial charge in [0.05, 0.1) is 19.3 Å². The van der Waals surface area contributed by atoms with Crippen LogP contribution >= 0.6 is 11.6 Å². The van der Waals surface area contributed by atoms with Gasteiger partial charge in [0.2, 0.25) is 0 Å². The topological polar surface area (TPSA) is 75.5 Å². The third kappa shape index (κ3) is 3.92. The highest BCUT2D eigenvalue weighted by Gasteiger charge is 2.20. The molecule has 3 rings (SSSR count). The van der Waals surface area contributed by atoms with Gasteiger partial charge in [0.25, 0.3) is 0 Å². The second-order valence-corrected chi connectivity index (χ2v) is 5.95. The maximum atomic E-state index is 11.8. The Kier molecular flexibility index (Phi) is 5.34. The molecule has 0 unspecified atom stereocenters. The van der Waals surface area contributed by atoms with E-state index >= 15 is 0 Å². The summed E-state index contributed by atoms with van der Waals surface area (Å²) >= 11 is 6.04. The van der Waals surface area contributed by atoms with Crippen LogP contribution in [0.25, 0.3) is 11.1 Å². The Morgan fingerprint density at radius 2 is 1.92 bits per heavy atom. The summed E-state index contributed by atoms with van der Waals surface area (Å²) in [7, 11) is 1.49. The number of hydrogen-bond acceptors (Lipinski definition) is 4. The van der Waals surface area contributed by atoms with Gasteiger partial charge in [0.15, 0.2) is 0 Å². The van der Waals surface area contributed by atoms with Crippen molar-refractivity contribution < 1.29 is 14.6 Å². The van der Waals surface area contributed by atoms with Gasteiger partial charge in [-0.3, -0.25) is 4.90 Å². The number of ether oxygens (including phenoxy) is 1. The first-order valence-corrected chi connectivity index (χ1v) is 8.14. The fourth-order valence-corrected chi connectivity index (χ4v) is 2.78. The molecule has 7 heteroatoms. The Balaban J connectivity index is 1.95. The fraction of sp³-hybridized carbons (Fsp3) is 0.105. The number of nitrogens with zero attached hydrogens (tertiary/aromatic N) is 3. The van der Waals surface area contributed by atoms with Crippen LogP contribution in [0.4, 0.5) is 10.5 Å². The van der Waals surface area contributed by atoms with E-state index in [1.54, 1.807) is 30.6 Å². The summed E-state index contributed by atoms with van der Waals surface area (Å²) < 4.78 is 5.28. The summed E-state index contributed by atoms with van der Waals surface area (Å²) in [5.41, 5.74) is 2.97. The smallest absolute Gasteiger partial charge is 0.412 e. The quantitative estimate of drug-likeness (QED) is 0.717. The van der Waals surface area contributed by atoms with Crippen molar-refractivity contribution in [1.82, 2.24) is 9.97 Å². The number of amides is 1. The molecule has 0 aliphatic carbocycles. The molecule has 0 aliphatic heterocycles. The van der Waals surface area contributed by atoms with Gasteiger partial charge in [-0.15, -0.1) is 0 Å². The van der Waals surface area contributed by atoms with Crippen molar-refractivity contribution in [1.29, 1.82) is 0 Å². The molecule has 3 aromatic rings. The van der Waals surface area contributed by atoms with Gasteiger partial charge in [0, 0.05) is 23.0 Å². The van der Waals surface area contributed by atoms with Crippen LogP contribution in [0.15, 0.2) is 61.2 Å². The molecule has 0 bridgehead atoms. The Hall–Kier alpha value is -3.12. The van der Waals surface area contributed by atoms with Crippen molar-refractivity contribution in [3.05, 3.63) is 71.8 Å². The number of rotatable bonds is 5. The molecule has 1 N–H and O–H groups in total. The highest BCUT2D eigenvalue weighted by atomic mass is 35.5. The number of carbonyl (C=O) groups is 1. The minimum atomic E-state index is -1.10. The predicted molar refractivity (Wildman–Crippen MR) is 99.7 cm³/mol. The second-order valence-electron chi connectivity index (χ2n) is 5.51. The highest BCUT2D eigenvalue weighted by molar-refractivity contribution is 6.31. The number of hydrogen-bond donors (Lipinski definition) is 1. The minimum Gasteiger partial charge on any atom is -0.495 e. The van der Waals surface area contributed by atoms with Crippen molar-refractivity contribution in [3.63, 3.8) is 0 Å². The standard InChI is InChI=1S/C19H16ClN3O3/c1-26-18-6-5-16(20)8-17(18)23(19(24)25)11-13-3-2-4-14(7-13)15-9-21-12-22-10-15/h2-10,12H,11H2,1H3,(H,24,25). The first-order chi connectivity index (χ1) is 12.6. The Bertz CT molecular complexity index is 919. The van der Waals surface area contributed by atoms with Crippen LogP contribution in [0, 0.1) is 0 Å². The predicted octanol–water partition coefficient (Wildman–Crippen LogP) is 4.49. The van der Waals surface area contributed by atoms with E-state index < -0.39 is 6.09 Å². The van der Waals surface area contributed by atoms with E-state index in [-0.39, 0.29) is 6.54 Å². The maximum Gasteiger partial charge on any atom is 0.412 e. The van der Waals surface area contributed by atoms with Gasteiger partial charge in [-0.1, -0.05) is 29.8 Å². The van der Waals surface area contributed by atoms with E-state index in [4.69, 9.17) is 16.3 Å². The van der Waals surface area contributed by atoms with Crippen LogP contribution in [0.2, 0.25) is 5.02 Å². The number of benzene rings is 2. The van der Waals surface area contributed by atoms with Gasteiger partial charge in [-0.05, 0) is 35.4 Å². The van der Waals surface area contributed by atoms with E-state index in [9.17, 15) is 9.90 Å². The first-order valence-electron chi connectivity index (χ1n) is 7.77. The van der Waals surface area contributed by atoms with Gasteiger partial charge in [0.1, 0.15) is 12.1 Å². The molecule has 0 spiro atoms. The van der Waals surface area contributed by atoms with Gasteiger partial charge in [-0.2, -0.15) is 0 Å². The zero-order valence-electron chi connectivity index (χ0n) is 14.0. The zero-order valence-corrected chi connectivity index (χ0v) is 14.7. The number of anilines is 1. The Labute approximate surface area is 155 Å². The maximum absolute atomic E-state index is 11.8. The lowest BCUT2D eigenvalue weighted by atomic mass is 10.1. The first kappa shape index (κ1) is 17.7. The lowest BCUT2D eigenvalue weighted by Gasteiger charge is -2.22. The fourth-order valence-electron chi connectivity index (χ4n) is 2.61. The van der Waals surface area contributed by atoms with Gasteiger partial charge in [-0.25, -0.2) is 14.8 Å². The average Bonchev–Trinajstić information content (AvgIpc) is 2.67. The van der Waals surface area contributed by atoms with Crippen LogP contribution in [-0.2, 0) is 6.54 Å². The molecule has 2 aromatic carbocycles. The van der Waals surface area contributed by atoms with Crippen LogP contribution in [0.3, 0.4) is 0 Å². The lowest BCUT2D eigenvalue weighted by molar-refractivity contribution is 0.201. The van der Waals surface area contributed by atoms with E-state index in [1.165, 1.54) is 18.3 Å². The second kappa shape index (κ2) is 7.84. The Morgan fingerprint density at radius 1 is 1.15 bits per heavy atom. The Morgan fingerprint density at radius 3 is 2.62 bits per heavy atom. The third-order valence-corrected chi connectivity index (χ3v) is 4.06. The number of aromatic nitrogens is 2. The number of halogens is 1. The molecular formula is C19H16ClN3O3. The lowest BCUT2D eigenvalue weighted by Crippen LogP contribution is -2.29. The average molecular weight is 370 g/mol. The van der Waals surface area contributed by atoms with Crippen molar-refractivity contribution in [2.45, 2.75) is 6.54 Å². The zero-order chi connectivity index (χ0) is 18.5. The normalized spacial score (nSPS) is 10.4. The summed E-state index contributed by atoms with van der Waals surface area (Å²) in [6.45, 7) is 0.146. The van der Waals surface area contributed by atoms with Gasteiger partial charge >= 0.3 is 6.09 Å². The molecule has 0 saturated heterocycles. The third-order valence-electron chi connectivity index (χ3n) is 3.82. The molecule has 0 radical (unpaired) electrons. The molecule has 0 fully saturated rings. The van der Waals surface area contributed by atoms with Gasteiger partial charge < -0.3 is 9.84 Å². The van der Waals surface area contributed by atoms with Crippen LogP contribution < -0.4 is 9.64 Å². The molecule has 26 heavy (non-hydrogen) atoms. The summed E-state index contributed by atoms with van der Waals surface area (Å²) in [5.74, 6) is 0.435. The van der Waals surface area contributed by atoms with E-state index in [2.05, 4.69) is 9.97 Å². The molecule has 1 amide bonds. The molecular weight excluding hydrogens is 354 g/mol.